The van der Waals surface area contributed by atoms with E-state index in [4.69, 9.17) is 36.9 Å². The number of fused-ring (bicyclic) bond motifs is 6. The van der Waals surface area contributed by atoms with Crippen LogP contribution in [0, 0.1) is 0 Å². The van der Waals surface area contributed by atoms with Gasteiger partial charge < -0.3 is 52.3 Å². The van der Waals surface area contributed by atoms with Crippen LogP contribution in [0.1, 0.15) is 66.7 Å². The number of carbonyl (C=O) groups is 5. The van der Waals surface area contributed by atoms with Crippen LogP contribution in [0.3, 0.4) is 0 Å². The van der Waals surface area contributed by atoms with Crippen molar-refractivity contribution < 1.29 is 48.4 Å². The molecule has 0 heterocycles. The van der Waals surface area contributed by atoms with Gasteiger partial charge in [-0.15, -0.1) is 0 Å². The highest BCUT2D eigenvalue weighted by Gasteiger charge is 2.30. The van der Waals surface area contributed by atoms with Crippen LogP contribution in [-0.2, 0) is 28.6 Å². The number of ether oxygens (including phenoxy) is 3. The molecular formula is C44H53N5O10. The number of methoxy groups -OCH3 is 1. The summed E-state index contributed by atoms with van der Waals surface area (Å²) in [6.07, 6.45) is 0.738. The van der Waals surface area contributed by atoms with Crippen LogP contribution in [-0.4, -0.2) is 91.8 Å². The van der Waals surface area contributed by atoms with Crippen molar-refractivity contribution in [2.75, 3.05) is 33.4 Å². The lowest BCUT2D eigenvalue weighted by Crippen LogP contribution is -2.36. The van der Waals surface area contributed by atoms with Crippen LogP contribution >= 0.6 is 0 Å². The van der Waals surface area contributed by atoms with Crippen LogP contribution < -0.4 is 27.8 Å². The molecule has 0 aliphatic heterocycles. The number of hydrogen-bond acceptors (Lipinski definition) is 11. The molecule has 0 aromatic heterocycles. The molecule has 0 saturated carbocycles. The van der Waals surface area contributed by atoms with E-state index in [0.29, 0.717) is 6.42 Å². The molecule has 0 bridgehead atoms. The summed E-state index contributed by atoms with van der Waals surface area (Å²) in [5.74, 6) is -2.48. The minimum Gasteiger partial charge on any atom is -0.480 e. The number of nitrogens with two attached hydrogens (primary N) is 3. The van der Waals surface area contributed by atoms with E-state index in [1.54, 1.807) is 0 Å². The molecule has 0 radical (unpaired) electrons. The molecular weight excluding hydrogens is 759 g/mol. The van der Waals surface area contributed by atoms with Gasteiger partial charge in [-0.1, -0.05) is 110 Å². The topological polar surface area (TPSA) is 256 Å². The van der Waals surface area contributed by atoms with Crippen molar-refractivity contribution in [2.45, 2.75) is 62.6 Å². The molecule has 10 N–H and O–H groups in total. The van der Waals surface area contributed by atoms with E-state index >= 15 is 0 Å². The molecule has 0 spiro atoms. The van der Waals surface area contributed by atoms with Gasteiger partial charge in [-0.2, -0.15) is 0 Å². The first-order valence-corrected chi connectivity index (χ1v) is 19.4. The van der Waals surface area contributed by atoms with Gasteiger partial charge in [0.1, 0.15) is 31.3 Å². The molecule has 4 aromatic rings. The Labute approximate surface area is 343 Å². The van der Waals surface area contributed by atoms with Crippen molar-refractivity contribution >= 4 is 30.1 Å². The first kappa shape index (κ1) is 45.4. The van der Waals surface area contributed by atoms with Crippen LogP contribution in [0.15, 0.2) is 97.1 Å². The van der Waals surface area contributed by atoms with E-state index < -0.39 is 48.2 Å². The molecule has 314 valence electrons. The molecule has 2 aliphatic carbocycles. The SMILES string of the molecule is CCC[C@@H](N)C(=O)O.COC(=O)[C@H](N)CCNC(=O)OCC1c2ccccc2-c2ccccc21.N[C@H](CCNC(=O)OCC1c2ccccc2-c2ccccc21)C(=O)O. The van der Waals surface area contributed by atoms with Gasteiger partial charge in [-0.25, -0.2) is 9.59 Å². The molecule has 2 amide bonds. The molecule has 6 rings (SSSR count). The summed E-state index contributed by atoms with van der Waals surface area (Å²) in [6.45, 7) is 2.79. The Morgan fingerprint density at radius 3 is 1.19 bits per heavy atom. The molecule has 0 fully saturated rings. The summed E-state index contributed by atoms with van der Waals surface area (Å²) >= 11 is 0. The lowest BCUT2D eigenvalue weighted by atomic mass is 9.98. The number of hydrogen-bond donors (Lipinski definition) is 7. The van der Waals surface area contributed by atoms with E-state index in [1.165, 1.54) is 29.4 Å². The van der Waals surface area contributed by atoms with Gasteiger partial charge in [0.2, 0.25) is 0 Å². The lowest BCUT2D eigenvalue weighted by molar-refractivity contribution is -0.142. The number of carboxylic acids is 2. The molecule has 15 heteroatoms. The Kier molecular flexibility index (Phi) is 17.4. The summed E-state index contributed by atoms with van der Waals surface area (Å²) in [5, 5.41) is 22.1. The van der Waals surface area contributed by atoms with Crippen molar-refractivity contribution in [1.29, 1.82) is 0 Å². The van der Waals surface area contributed by atoms with Crippen LogP contribution in [0.25, 0.3) is 22.3 Å². The Morgan fingerprint density at radius 1 is 0.559 bits per heavy atom. The van der Waals surface area contributed by atoms with Crippen molar-refractivity contribution in [3.05, 3.63) is 119 Å². The zero-order valence-corrected chi connectivity index (χ0v) is 33.2. The van der Waals surface area contributed by atoms with Crippen molar-refractivity contribution in [3.8, 4) is 22.3 Å². The largest absolute Gasteiger partial charge is 0.480 e. The quantitative estimate of drug-likeness (QED) is 0.0621. The van der Waals surface area contributed by atoms with E-state index in [9.17, 15) is 24.0 Å². The monoisotopic (exact) mass is 811 g/mol. The Hall–Kier alpha value is -6.29. The second kappa shape index (κ2) is 22.6. The first-order chi connectivity index (χ1) is 28.4. The predicted octanol–water partition coefficient (Wildman–Crippen LogP) is 4.94. The van der Waals surface area contributed by atoms with Gasteiger partial charge in [0.25, 0.3) is 0 Å². The number of esters is 1. The number of nitrogens with one attached hydrogen (secondary N) is 2. The summed E-state index contributed by atoms with van der Waals surface area (Å²) < 4.78 is 15.3. The van der Waals surface area contributed by atoms with Gasteiger partial charge in [0, 0.05) is 24.9 Å². The maximum absolute atomic E-state index is 12.0. The fourth-order valence-electron chi connectivity index (χ4n) is 6.79. The molecule has 3 atom stereocenters. The first-order valence-electron chi connectivity index (χ1n) is 19.4. The molecule has 0 unspecified atom stereocenters. The highest BCUT2D eigenvalue weighted by molar-refractivity contribution is 5.80. The third kappa shape index (κ3) is 12.6. The lowest BCUT2D eigenvalue weighted by Gasteiger charge is -2.15. The molecule has 4 aromatic carbocycles. The zero-order chi connectivity index (χ0) is 42.9. The van der Waals surface area contributed by atoms with Gasteiger partial charge in [0.05, 0.1) is 7.11 Å². The fraction of sp³-hybridized carbons (Fsp3) is 0.341. The minimum absolute atomic E-state index is 0.000531. The minimum atomic E-state index is -1.09. The normalized spacial score (nSPS) is 13.5. The van der Waals surface area contributed by atoms with E-state index in [2.05, 4.69) is 51.8 Å². The van der Waals surface area contributed by atoms with Gasteiger partial charge in [-0.05, 0) is 63.8 Å². The third-order valence-corrected chi connectivity index (χ3v) is 9.87. The van der Waals surface area contributed by atoms with Crippen LogP contribution in [0.4, 0.5) is 9.59 Å². The number of carboxylic acid groups (broad SMARTS) is 2. The van der Waals surface area contributed by atoms with E-state index in [0.717, 1.165) is 28.7 Å². The summed E-state index contributed by atoms with van der Waals surface area (Å²) in [6, 6.07) is 30.1. The Balaban J connectivity index is 0.000000221. The molecule has 0 saturated heterocycles. The fourth-order valence-corrected chi connectivity index (χ4v) is 6.79. The van der Waals surface area contributed by atoms with Crippen LogP contribution in [0.2, 0.25) is 0 Å². The zero-order valence-electron chi connectivity index (χ0n) is 33.2. The van der Waals surface area contributed by atoms with Crippen molar-refractivity contribution in [1.82, 2.24) is 10.6 Å². The number of aliphatic carboxylic acids is 2. The standard InChI is InChI=1S/C20H22N2O4.C19H20N2O4.C5H11NO2/c1-25-19(23)18(21)10-11-22-20(24)26-12-17-15-8-4-2-6-13(15)14-7-3-5-9-16(14)17;20-17(18(22)23)9-10-21-19(24)25-11-16-14-7-3-1-5-12(14)13-6-2-4-8-15(13)16;1-2-3-4(6)5(7)8/h2-9,17-18H,10-12,21H2,1H3,(H,22,24);1-8,16-17H,9-11,20H2,(H,21,24)(H,22,23);4H,2-3,6H2,1H3,(H,7,8)/t18-;17-;4-/m111/s1. The van der Waals surface area contributed by atoms with Crippen LogP contribution in [0.5, 0.6) is 0 Å². The van der Waals surface area contributed by atoms with Crippen molar-refractivity contribution in [2.24, 2.45) is 17.2 Å². The van der Waals surface area contributed by atoms with Gasteiger partial charge in [-0.3, -0.25) is 14.4 Å². The number of carbonyl (C=O) groups excluding carboxylic acids is 3. The summed E-state index contributed by atoms with van der Waals surface area (Å²) in [5.41, 5.74) is 25.4. The summed E-state index contributed by atoms with van der Waals surface area (Å²) in [7, 11) is 1.28. The Morgan fingerprint density at radius 2 is 0.881 bits per heavy atom. The third-order valence-electron chi connectivity index (χ3n) is 9.87. The van der Waals surface area contributed by atoms with E-state index in [-0.39, 0.29) is 51.0 Å². The second-order valence-electron chi connectivity index (χ2n) is 13.9. The Bertz CT molecular complexity index is 1970. The number of amides is 2. The average Bonchev–Trinajstić information content (AvgIpc) is 3.74. The second-order valence-corrected chi connectivity index (χ2v) is 13.9. The van der Waals surface area contributed by atoms with E-state index in [1.807, 2.05) is 67.6 Å². The molecule has 59 heavy (non-hydrogen) atoms. The van der Waals surface area contributed by atoms with Gasteiger partial charge >= 0.3 is 30.1 Å². The highest BCUT2D eigenvalue weighted by Crippen LogP contribution is 2.45. The smallest absolute Gasteiger partial charge is 0.407 e. The summed E-state index contributed by atoms with van der Waals surface area (Å²) in [4.78, 5) is 55.6. The average molecular weight is 812 g/mol. The molecule has 15 nitrogen and oxygen atoms in total. The predicted molar refractivity (Wildman–Crippen MR) is 221 cm³/mol. The maximum atomic E-state index is 12.0. The highest BCUT2D eigenvalue weighted by atomic mass is 16.6. The number of benzene rings is 4. The maximum Gasteiger partial charge on any atom is 0.407 e. The number of rotatable bonds is 15. The molecule has 2 aliphatic rings. The van der Waals surface area contributed by atoms with Gasteiger partial charge in [0.15, 0.2) is 0 Å². The number of alkyl carbamates (subject to hydrolysis) is 2. The van der Waals surface area contributed by atoms with Crippen molar-refractivity contribution in [3.63, 3.8) is 0 Å².